The van der Waals surface area contributed by atoms with E-state index in [4.69, 9.17) is 15.2 Å². The third-order valence-electron chi connectivity index (χ3n) is 2.79. The molecule has 1 aliphatic rings. The van der Waals surface area contributed by atoms with Crippen molar-refractivity contribution in [2.45, 2.75) is 18.9 Å². The Morgan fingerprint density at radius 2 is 2.07 bits per heavy atom. The van der Waals surface area contributed by atoms with Gasteiger partial charge >= 0.3 is 0 Å². The highest BCUT2D eigenvalue weighted by atomic mass is 16.5. The average Bonchev–Trinajstić information content (AvgIpc) is 2.59. The van der Waals surface area contributed by atoms with Gasteiger partial charge in [0.05, 0.1) is 14.2 Å². The molecule has 1 atom stereocenters. The van der Waals surface area contributed by atoms with Gasteiger partial charge in [0.25, 0.3) is 0 Å². The Bertz CT molecular complexity index is 349. The molecular weight excluding hydrogens is 178 g/mol. The lowest BCUT2D eigenvalue weighted by atomic mass is 10.1. The summed E-state index contributed by atoms with van der Waals surface area (Å²) < 4.78 is 10.6. The number of methoxy groups -OCH3 is 2. The van der Waals surface area contributed by atoms with Crippen molar-refractivity contribution in [1.82, 2.24) is 0 Å². The predicted octanol–water partition coefficient (Wildman–Crippen LogP) is 1.65. The van der Waals surface area contributed by atoms with Crippen molar-refractivity contribution in [2.75, 3.05) is 14.2 Å². The fourth-order valence-corrected chi connectivity index (χ4v) is 2.07. The van der Waals surface area contributed by atoms with E-state index >= 15 is 0 Å². The standard InChI is InChI=1S/C11H15NO2/c1-13-10-6-4-7-8(11(10)14-2)3-5-9(7)12/h4,6,9H,3,5,12H2,1-2H3. The lowest BCUT2D eigenvalue weighted by molar-refractivity contribution is 0.352. The molecule has 0 saturated carbocycles. The van der Waals surface area contributed by atoms with Gasteiger partial charge in [0.15, 0.2) is 11.5 Å². The lowest BCUT2D eigenvalue weighted by Crippen LogP contribution is -2.05. The Morgan fingerprint density at radius 1 is 1.29 bits per heavy atom. The molecule has 76 valence electrons. The minimum atomic E-state index is 0.157. The van der Waals surface area contributed by atoms with Crippen LogP contribution in [-0.4, -0.2) is 14.2 Å². The van der Waals surface area contributed by atoms with Crippen molar-refractivity contribution >= 4 is 0 Å². The minimum Gasteiger partial charge on any atom is -0.493 e. The second-order valence-corrected chi connectivity index (χ2v) is 3.51. The maximum absolute atomic E-state index is 5.97. The molecule has 2 rings (SSSR count). The molecule has 0 saturated heterocycles. The summed E-state index contributed by atoms with van der Waals surface area (Å²) >= 11 is 0. The highest BCUT2D eigenvalue weighted by Crippen LogP contribution is 2.41. The van der Waals surface area contributed by atoms with Gasteiger partial charge in [-0.15, -0.1) is 0 Å². The van der Waals surface area contributed by atoms with E-state index in [1.807, 2.05) is 12.1 Å². The van der Waals surface area contributed by atoms with Gasteiger partial charge in [-0.25, -0.2) is 0 Å². The van der Waals surface area contributed by atoms with Crippen LogP contribution < -0.4 is 15.2 Å². The zero-order valence-electron chi connectivity index (χ0n) is 8.54. The summed E-state index contributed by atoms with van der Waals surface area (Å²) in [6.45, 7) is 0. The lowest BCUT2D eigenvalue weighted by Gasteiger charge is -2.12. The van der Waals surface area contributed by atoms with Gasteiger partial charge in [-0.1, -0.05) is 6.07 Å². The topological polar surface area (TPSA) is 44.5 Å². The van der Waals surface area contributed by atoms with Crippen LogP contribution >= 0.6 is 0 Å². The quantitative estimate of drug-likeness (QED) is 0.776. The Morgan fingerprint density at radius 3 is 2.71 bits per heavy atom. The van der Waals surface area contributed by atoms with E-state index in [0.29, 0.717) is 0 Å². The number of rotatable bonds is 2. The smallest absolute Gasteiger partial charge is 0.164 e. The number of ether oxygens (including phenoxy) is 2. The van der Waals surface area contributed by atoms with Crippen LogP contribution in [-0.2, 0) is 6.42 Å². The van der Waals surface area contributed by atoms with Gasteiger partial charge in [-0.05, 0) is 24.5 Å². The average molecular weight is 193 g/mol. The maximum atomic E-state index is 5.97. The van der Waals surface area contributed by atoms with Crippen molar-refractivity contribution in [1.29, 1.82) is 0 Å². The van der Waals surface area contributed by atoms with Crippen LogP contribution in [0.5, 0.6) is 11.5 Å². The van der Waals surface area contributed by atoms with Crippen LogP contribution in [0.25, 0.3) is 0 Å². The highest BCUT2D eigenvalue weighted by molar-refractivity contribution is 5.53. The normalized spacial score (nSPS) is 19.2. The second-order valence-electron chi connectivity index (χ2n) is 3.51. The largest absolute Gasteiger partial charge is 0.493 e. The fourth-order valence-electron chi connectivity index (χ4n) is 2.07. The number of benzene rings is 1. The Kier molecular flexibility index (Phi) is 2.33. The molecule has 0 heterocycles. The van der Waals surface area contributed by atoms with E-state index in [9.17, 15) is 0 Å². The first kappa shape index (κ1) is 9.34. The highest BCUT2D eigenvalue weighted by Gasteiger charge is 2.24. The van der Waals surface area contributed by atoms with Crippen molar-refractivity contribution in [3.05, 3.63) is 23.3 Å². The van der Waals surface area contributed by atoms with Crippen molar-refractivity contribution < 1.29 is 9.47 Å². The van der Waals surface area contributed by atoms with Gasteiger partial charge < -0.3 is 15.2 Å². The fraction of sp³-hybridized carbons (Fsp3) is 0.455. The second kappa shape index (κ2) is 3.50. The SMILES string of the molecule is COc1ccc2c(c1OC)CCC2N. The molecule has 0 fully saturated rings. The van der Waals surface area contributed by atoms with Crippen LogP contribution in [0.3, 0.4) is 0 Å². The van der Waals surface area contributed by atoms with Crippen LogP contribution in [0.1, 0.15) is 23.6 Å². The van der Waals surface area contributed by atoms with Gasteiger partial charge in [-0.3, -0.25) is 0 Å². The van der Waals surface area contributed by atoms with Gasteiger partial charge in [0.1, 0.15) is 0 Å². The zero-order chi connectivity index (χ0) is 10.1. The molecule has 0 spiro atoms. The summed E-state index contributed by atoms with van der Waals surface area (Å²) in [5.41, 5.74) is 8.37. The molecule has 1 aromatic rings. The summed E-state index contributed by atoms with van der Waals surface area (Å²) in [5.74, 6) is 1.64. The van der Waals surface area contributed by atoms with E-state index in [-0.39, 0.29) is 6.04 Å². The molecule has 1 aromatic carbocycles. The van der Waals surface area contributed by atoms with Gasteiger partial charge in [0.2, 0.25) is 0 Å². The van der Waals surface area contributed by atoms with E-state index in [2.05, 4.69) is 0 Å². The molecule has 3 heteroatoms. The molecule has 2 N–H and O–H groups in total. The van der Waals surface area contributed by atoms with E-state index in [0.717, 1.165) is 24.3 Å². The van der Waals surface area contributed by atoms with Crippen molar-refractivity contribution in [3.8, 4) is 11.5 Å². The number of fused-ring (bicyclic) bond motifs is 1. The summed E-state index contributed by atoms with van der Waals surface area (Å²) in [6, 6.07) is 4.11. The van der Waals surface area contributed by atoms with Crippen LogP contribution in [0.2, 0.25) is 0 Å². The van der Waals surface area contributed by atoms with Gasteiger partial charge in [0, 0.05) is 11.6 Å². The molecule has 3 nitrogen and oxygen atoms in total. The van der Waals surface area contributed by atoms with E-state index in [1.54, 1.807) is 14.2 Å². The van der Waals surface area contributed by atoms with E-state index in [1.165, 1.54) is 11.1 Å². The maximum Gasteiger partial charge on any atom is 0.164 e. The summed E-state index contributed by atoms with van der Waals surface area (Å²) in [7, 11) is 3.32. The first-order valence-electron chi connectivity index (χ1n) is 4.77. The molecule has 0 aliphatic heterocycles. The third-order valence-corrected chi connectivity index (χ3v) is 2.79. The summed E-state index contributed by atoms with van der Waals surface area (Å²) in [4.78, 5) is 0. The molecule has 1 aliphatic carbocycles. The first-order chi connectivity index (χ1) is 6.77. The molecule has 0 bridgehead atoms. The number of hydrogen-bond donors (Lipinski definition) is 1. The summed E-state index contributed by atoms with van der Waals surface area (Å²) in [6.07, 6.45) is 1.98. The first-order valence-corrected chi connectivity index (χ1v) is 4.77. The van der Waals surface area contributed by atoms with Crippen molar-refractivity contribution in [2.24, 2.45) is 5.73 Å². The Hall–Kier alpha value is -1.22. The van der Waals surface area contributed by atoms with Gasteiger partial charge in [-0.2, -0.15) is 0 Å². The Balaban J connectivity index is 2.54. The van der Waals surface area contributed by atoms with Crippen LogP contribution in [0.15, 0.2) is 12.1 Å². The summed E-state index contributed by atoms with van der Waals surface area (Å²) in [5, 5.41) is 0. The molecule has 14 heavy (non-hydrogen) atoms. The molecule has 0 amide bonds. The van der Waals surface area contributed by atoms with E-state index < -0.39 is 0 Å². The Labute approximate surface area is 83.8 Å². The van der Waals surface area contributed by atoms with Crippen molar-refractivity contribution in [3.63, 3.8) is 0 Å². The van der Waals surface area contributed by atoms with Crippen LogP contribution in [0, 0.1) is 0 Å². The monoisotopic (exact) mass is 193 g/mol. The predicted molar refractivity (Wildman–Crippen MR) is 54.8 cm³/mol. The third kappa shape index (κ3) is 1.24. The molecule has 1 unspecified atom stereocenters. The zero-order valence-corrected chi connectivity index (χ0v) is 8.54. The molecule has 0 aromatic heterocycles. The minimum absolute atomic E-state index is 0.157. The molecule has 0 radical (unpaired) electrons. The molecular formula is C11H15NO2. The number of nitrogens with two attached hydrogens (primary N) is 1. The number of hydrogen-bond acceptors (Lipinski definition) is 3. The van der Waals surface area contributed by atoms with Crippen LogP contribution in [0.4, 0.5) is 0 Å².